The molecule has 0 saturated carbocycles. The van der Waals surface area contributed by atoms with Crippen LogP contribution in [0.15, 0.2) is 28.5 Å². The molecule has 0 spiro atoms. The molecule has 1 aromatic heterocycles. The monoisotopic (exact) mass is 318 g/mol. The number of nitrogens with one attached hydrogen (secondary N) is 1. The summed E-state index contributed by atoms with van der Waals surface area (Å²) >= 11 is 6.83. The van der Waals surface area contributed by atoms with Crippen LogP contribution in [-0.2, 0) is 10.0 Å². The maximum Gasteiger partial charge on any atom is 0.271 e. The first-order valence-corrected chi connectivity index (χ1v) is 7.84. The topological polar surface area (TPSA) is 92.4 Å². The largest absolute Gasteiger partial charge is 0.508 e. The van der Waals surface area contributed by atoms with Crippen molar-refractivity contribution >= 4 is 44.3 Å². The highest BCUT2D eigenvalue weighted by Gasteiger charge is 2.19. The molecule has 0 aliphatic carbocycles. The number of sulfonamides is 1. The first-order chi connectivity index (χ1) is 8.79. The van der Waals surface area contributed by atoms with Gasteiger partial charge in [0.05, 0.1) is 15.7 Å². The molecule has 0 saturated heterocycles. The average Bonchev–Trinajstić information content (AvgIpc) is 2.64. The number of phenols is 1. The number of aryl methyl sites for hydroxylation is 1. The second-order valence-corrected chi connectivity index (χ2v) is 7.46. The van der Waals surface area contributed by atoms with Crippen LogP contribution in [0.1, 0.15) is 5.56 Å². The fourth-order valence-corrected chi connectivity index (χ4v) is 4.20. The summed E-state index contributed by atoms with van der Waals surface area (Å²) in [5, 5.41) is 9.22. The van der Waals surface area contributed by atoms with Crippen molar-refractivity contribution in [3.63, 3.8) is 0 Å². The fraction of sp³-hybridized carbons (Fsp3) is 0.0909. The van der Waals surface area contributed by atoms with E-state index in [0.717, 1.165) is 11.3 Å². The SMILES string of the molecule is Cc1cc(S(=O)(=O)Nc2ccc(O)cc2N)sc1Cl. The van der Waals surface area contributed by atoms with Crippen molar-refractivity contribution in [2.75, 3.05) is 10.5 Å². The van der Waals surface area contributed by atoms with E-state index >= 15 is 0 Å². The fourth-order valence-electron chi connectivity index (χ4n) is 1.40. The lowest BCUT2D eigenvalue weighted by Crippen LogP contribution is -2.12. The minimum absolute atomic E-state index is 0.0320. The van der Waals surface area contributed by atoms with E-state index < -0.39 is 10.0 Å². The quantitative estimate of drug-likeness (QED) is 0.599. The van der Waals surface area contributed by atoms with Crippen LogP contribution < -0.4 is 10.5 Å². The van der Waals surface area contributed by atoms with Crippen molar-refractivity contribution in [3.8, 4) is 5.75 Å². The van der Waals surface area contributed by atoms with Gasteiger partial charge in [-0.1, -0.05) is 11.6 Å². The standard InChI is InChI=1S/C11H11ClN2O3S2/c1-6-4-10(18-11(6)12)19(16,17)14-9-3-2-7(15)5-8(9)13/h2-5,14-15H,13H2,1H3. The molecule has 0 radical (unpaired) electrons. The molecular formula is C11H11ClN2O3S2. The van der Waals surface area contributed by atoms with Crippen molar-refractivity contribution in [1.29, 1.82) is 0 Å². The highest BCUT2D eigenvalue weighted by Crippen LogP contribution is 2.32. The zero-order valence-corrected chi connectivity index (χ0v) is 12.2. The number of thiophene rings is 1. The molecule has 5 nitrogen and oxygen atoms in total. The van der Waals surface area contributed by atoms with Gasteiger partial charge in [0.1, 0.15) is 9.96 Å². The lowest BCUT2D eigenvalue weighted by molar-refractivity contribution is 0.475. The second-order valence-electron chi connectivity index (χ2n) is 3.90. The minimum atomic E-state index is -3.73. The zero-order valence-electron chi connectivity index (χ0n) is 9.84. The maximum absolute atomic E-state index is 12.1. The summed E-state index contributed by atoms with van der Waals surface area (Å²) in [5.41, 5.74) is 6.68. The average molecular weight is 319 g/mol. The van der Waals surface area contributed by atoms with E-state index in [1.165, 1.54) is 24.3 Å². The molecule has 102 valence electrons. The number of nitrogens with two attached hydrogens (primary N) is 1. The number of nitrogen functional groups attached to an aromatic ring is 1. The van der Waals surface area contributed by atoms with Crippen LogP contribution in [0.4, 0.5) is 11.4 Å². The summed E-state index contributed by atoms with van der Waals surface area (Å²) in [6.07, 6.45) is 0. The molecule has 0 atom stereocenters. The number of aromatic hydroxyl groups is 1. The molecule has 2 aromatic rings. The molecular weight excluding hydrogens is 308 g/mol. The molecule has 0 amide bonds. The number of rotatable bonds is 3. The van der Waals surface area contributed by atoms with Crippen LogP contribution in [0.5, 0.6) is 5.75 Å². The molecule has 4 N–H and O–H groups in total. The Morgan fingerprint density at radius 2 is 2.05 bits per heavy atom. The van der Waals surface area contributed by atoms with Crippen molar-refractivity contribution in [3.05, 3.63) is 34.2 Å². The summed E-state index contributed by atoms with van der Waals surface area (Å²) in [7, 11) is -3.73. The highest BCUT2D eigenvalue weighted by atomic mass is 35.5. The molecule has 0 aliphatic rings. The van der Waals surface area contributed by atoms with Crippen molar-refractivity contribution < 1.29 is 13.5 Å². The van der Waals surface area contributed by atoms with Crippen molar-refractivity contribution in [1.82, 2.24) is 0 Å². The Balaban J connectivity index is 2.36. The Morgan fingerprint density at radius 3 is 2.58 bits per heavy atom. The molecule has 0 aliphatic heterocycles. The molecule has 1 aromatic carbocycles. The smallest absolute Gasteiger partial charge is 0.271 e. The van der Waals surface area contributed by atoms with E-state index in [4.69, 9.17) is 17.3 Å². The number of hydrogen-bond donors (Lipinski definition) is 3. The van der Waals surface area contributed by atoms with Gasteiger partial charge in [-0.2, -0.15) is 0 Å². The number of benzene rings is 1. The number of halogens is 1. The van der Waals surface area contributed by atoms with Crippen LogP contribution in [0, 0.1) is 6.92 Å². The Hall–Kier alpha value is -1.44. The predicted octanol–water partition coefficient (Wildman–Crippen LogP) is 2.80. The van der Waals surface area contributed by atoms with Gasteiger partial charge in [0.2, 0.25) is 0 Å². The van der Waals surface area contributed by atoms with Gasteiger partial charge in [-0.3, -0.25) is 4.72 Å². The first kappa shape index (κ1) is 14.0. The van der Waals surface area contributed by atoms with E-state index in [2.05, 4.69) is 4.72 Å². The van der Waals surface area contributed by atoms with E-state index in [0.29, 0.717) is 9.90 Å². The lowest BCUT2D eigenvalue weighted by Gasteiger charge is -2.09. The number of hydrogen-bond acceptors (Lipinski definition) is 5. The van der Waals surface area contributed by atoms with Crippen molar-refractivity contribution in [2.24, 2.45) is 0 Å². The molecule has 19 heavy (non-hydrogen) atoms. The van der Waals surface area contributed by atoms with E-state index in [9.17, 15) is 13.5 Å². The van der Waals surface area contributed by atoms with E-state index in [1.807, 2.05) is 0 Å². The maximum atomic E-state index is 12.1. The molecule has 0 fully saturated rings. The van der Waals surface area contributed by atoms with E-state index in [-0.39, 0.29) is 21.3 Å². The Morgan fingerprint density at radius 1 is 1.37 bits per heavy atom. The third-order valence-electron chi connectivity index (χ3n) is 2.38. The van der Waals surface area contributed by atoms with Crippen LogP contribution in [0.2, 0.25) is 4.34 Å². The normalized spacial score (nSPS) is 11.5. The minimum Gasteiger partial charge on any atom is -0.508 e. The molecule has 2 rings (SSSR count). The Kier molecular flexibility index (Phi) is 3.62. The molecule has 8 heteroatoms. The second kappa shape index (κ2) is 4.92. The summed E-state index contributed by atoms with van der Waals surface area (Å²) in [6.45, 7) is 1.73. The first-order valence-electron chi connectivity index (χ1n) is 5.17. The summed E-state index contributed by atoms with van der Waals surface area (Å²) < 4.78 is 27.2. The van der Waals surface area contributed by atoms with Gasteiger partial charge in [-0.05, 0) is 30.7 Å². The summed E-state index contributed by atoms with van der Waals surface area (Å²) in [6, 6.07) is 5.50. The number of phenolic OH excluding ortho intramolecular Hbond substituents is 1. The zero-order chi connectivity index (χ0) is 14.2. The van der Waals surface area contributed by atoms with Gasteiger partial charge in [0.15, 0.2) is 0 Å². The Bertz CT molecular complexity index is 706. The summed E-state index contributed by atoms with van der Waals surface area (Å²) in [4.78, 5) is 0. The van der Waals surface area contributed by atoms with Crippen molar-refractivity contribution in [2.45, 2.75) is 11.1 Å². The van der Waals surface area contributed by atoms with Gasteiger partial charge in [0.25, 0.3) is 10.0 Å². The van der Waals surface area contributed by atoms with Crippen LogP contribution >= 0.6 is 22.9 Å². The molecule has 0 bridgehead atoms. The van der Waals surface area contributed by atoms with Crippen LogP contribution in [0.25, 0.3) is 0 Å². The third kappa shape index (κ3) is 2.94. The number of anilines is 2. The van der Waals surface area contributed by atoms with Gasteiger partial charge in [-0.15, -0.1) is 11.3 Å². The van der Waals surface area contributed by atoms with Gasteiger partial charge in [-0.25, -0.2) is 8.42 Å². The molecule has 0 unspecified atom stereocenters. The summed E-state index contributed by atoms with van der Waals surface area (Å²) in [5.74, 6) is -0.0320. The van der Waals surface area contributed by atoms with Gasteiger partial charge in [0, 0.05) is 6.07 Å². The highest BCUT2D eigenvalue weighted by molar-refractivity contribution is 7.94. The molecule has 1 heterocycles. The van der Waals surface area contributed by atoms with Gasteiger partial charge >= 0.3 is 0 Å². The lowest BCUT2D eigenvalue weighted by atomic mass is 10.2. The van der Waals surface area contributed by atoms with Crippen LogP contribution in [-0.4, -0.2) is 13.5 Å². The third-order valence-corrected chi connectivity index (χ3v) is 5.77. The predicted molar refractivity (Wildman–Crippen MR) is 77.4 cm³/mol. The van der Waals surface area contributed by atoms with E-state index in [1.54, 1.807) is 6.92 Å². The van der Waals surface area contributed by atoms with Crippen LogP contribution in [0.3, 0.4) is 0 Å². The van der Waals surface area contributed by atoms with Gasteiger partial charge < -0.3 is 10.8 Å². The Labute approximate surface area is 119 Å².